The number of aromatic carboxylic acids is 1. The summed E-state index contributed by atoms with van der Waals surface area (Å²) in [5.41, 5.74) is -0.460. The van der Waals surface area contributed by atoms with Gasteiger partial charge in [0.2, 0.25) is 0 Å². The van der Waals surface area contributed by atoms with Crippen LogP contribution in [-0.2, 0) is 10.0 Å². The van der Waals surface area contributed by atoms with Crippen molar-refractivity contribution in [2.45, 2.75) is 4.90 Å². The summed E-state index contributed by atoms with van der Waals surface area (Å²) in [5, 5.41) is 19.7. The maximum atomic E-state index is 12.7. The lowest BCUT2D eigenvalue weighted by Gasteiger charge is -2.13. The van der Waals surface area contributed by atoms with E-state index in [0.29, 0.717) is 0 Å². The first kappa shape index (κ1) is 19.5. The molecule has 3 N–H and O–H groups in total. The van der Waals surface area contributed by atoms with E-state index in [1.165, 1.54) is 18.2 Å². The zero-order chi connectivity index (χ0) is 19.9. The van der Waals surface area contributed by atoms with Crippen molar-refractivity contribution in [1.29, 1.82) is 0 Å². The van der Waals surface area contributed by atoms with Crippen molar-refractivity contribution in [1.82, 2.24) is 4.98 Å². The summed E-state index contributed by atoms with van der Waals surface area (Å²) in [4.78, 5) is 14.8. The Kier molecular flexibility index (Phi) is 5.09. The zero-order valence-electron chi connectivity index (χ0n) is 13.1. The van der Waals surface area contributed by atoms with Crippen LogP contribution < -0.4 is 4.72 Å². The molecule has 0 aliphatic heterocycles. The second-order valence-corrected chi connectivity index (χ2v) is 8.29. The zero-order valence-corrected chi connectivity index (χ0v) is 16.2. The van der Waals surface area contributed by atoms with Gasteiger partial charge in [0.25, 0.3) is 10.0 Å². The van der Waals surface area contributed by atoms with E-state index in [9.17, 15) is 23.4 Å². The molecular formula is C16H9Cl3N2O5S. The molecule has 1 aromatic heterocycles. The molecule has 0 radical (unpaired) electrons. The number of nitrogens with zero attached hydrogens (tertiary/aromatic N) is 1. The molecule has 11 heteroatoms. The second kappa shape index (κ2) is 7.05. The molecule has 0 saturated carbocycles. The number of carbonyl (C=O) groups is 1. The Bertz CT molecular complexity index is 1200. The first-order valence-corrected chi connectivity index (χ1v) is 9.74. The monoisotopic (exact) mass is 446 g/mol. The van der Waals surface area contributed by atoms with Crippen LogP contribution in [-0.4, -0.2) is 29.6 Å². The predicted molar refractivity (Wildman–Crippen MR) is 103 cm³/mol. The smallest absolute Gasteiger partial charge is 0.354 e. The van der Waals surface area contributed by atoms with Crippen molar-refractivity contribution in [3.63, 3.8) is 0 Å². The van der Waals surface area contributed by atoms with Crippen LogP contribution in [0, 0.1) is 0 Å². The van der Waals surface area contributed by atoms with Gasteiger partial charge in [0, 0.05) is 15.4 Å². The number of carboxylic acids is 1. The van der Waals surface area contributed by atoms with Gasteiger partial charge in [-0.15, -0.1) is 0 Å². The van der Waals surface area contributed by atoms with Crippen LogP contribution in [0.4, 0.5) is 5.69 Å². The van der Waals surface area contributed by atoms with Gasteiger partial charge in [0.05, 0.1) is 16.2 Å². The maximum absolute atomic E-state index is 12.7. The lowest BCUT2D eigenvalue weighted by molar-refractivity contribution is 0.0691. The summed E-state index contributed by atoms with van der Waals surface area (Å²) in [6.07, 6.45) is 0. The van der Waals surface area contributed by atoms with Crippen molar-refractivity contribution >= 4 is 67.4 Å². The predicted octanol–water partition coefficient (Wildman–Crippen LogP) is 4.40. The molecule has 27 heavy (non-hydrogen) atoms. The maximum Gasteiger partial charge on any atom is 0.354 e. The fourth-order valence-corrected chi connectivity index (χ4v) is 4.29. The number of hydrogen-bond acceptors (Lipinski definition) is 5. The summed E-state index contributed by atoms with van der Waals surface area (Å²) >= 11 is 17.8. The number of phenolic OH excluding ortho intramolecular Hbond substituents is 1. The number of carboxylic acid groups (broad SMARTS) is 1. The number of rotatable bonds is 4. The Morgan fingerprint density at radius 3 is 2.37 bits per heavy atom. The standard InChI is InChI=1S/C16H9Cl3N2O5S/c17-7-1-2-14(13(22)5-7)27(25,26)21-11-6-12(16(23)24)20-10-4-8(18)3-9(19)15(10)11/h1-6,22H,(H,20,21)(H,23,24). The van der Waals surface area contributed by atoms with Gasteiger partial charge in [-0.25, -0.2) is 18.2 Å². The van der Waals surface area contributed by atoms with Crippen LogP contribution in [0.3, 0.4) is 0 Å². The van der Waals surface area contributed by atoms with Crippen LogP contribution in [0.25, 0.3) is 10.9 Å². The van der Waals surface area contributed by atoms with Crippen LogP contribution in [0.5, 0.6) is 5.75 Å². The topological polar surface area (TPSA) is 117 Å². The summed E-state index contributed by atoms with van der Waals surface area (Å²) in [6, 6.07) is 7.21. The highest BCUT2D eigenvalue weighted by Crippen LogP contribution is 2.35. The highest BCUT2D eigenvalue weighted by atomic mass is 35.5. The Labute approximate surface area is 168 Å². The summed E-state index contributed by atoms with van der Waals surface area (Å²) < 4.78 is 27.6. The van der Waals surface area contributed by atoms with E-state index >= 15 is 0 Å². The first-order chi connectivity index (χ1) is 12.6. The SMILES string of the molecule is O=C(O)c1cc(NS(=O)(=O)c2ccc(Cl)cc2O)c2c(Cl)cc(Cl)cc2n1. The molecule has 3 aromatic rings. The van der Waals surface area contributed by atoms with Gasteiger partial charge in [-0.2, -0.15) is 0 Å². The van der Waals surface area contributed by atoms with Crippen LogP contribution in [0.15, 0.2) is 41.3 Å². The van der Waals surface area contributed by atoms with E-state index in [1.54, 1.807) is 0 Å². The average molecular weight is 448 g/mol. The van der Waals surface area contributed by atoms with E-state index < -0.39 is 32.3 Å². The Morgan fingerprint density at radius 1 is 1.04 bits per heavy atom. The third-order valence-electron chi connectivity index (χ3n) is 3.50. The number of aromatic hydroxyl groups is 1. The number of pyridine rings is 1. The van der Waals surface area contributed by atoms with E-state index in [2.05, 4.69) is 9.71 Å². The minimum absolute atomic E-state index is 0.0694. The molecule has 0 aliphatic carbocycles. The molecule has 0 atom stereocenters. The number of nitrogens with one attached hydrogen (secondary N) is 1. The second-order valence-electron chi connectivity index (χ2n) is 5.36. The van der Waals surface area contributed by atoms with Gasteiger partial charge in [0.15, 0.2) is 5.69 Å². The number of anilines is 1. The molecule has 2 aromatic carbocycles. The van der Waals surface area contributed by atoms with Gasteiger partial charge >= 0.3 is 5.97 Å². The van der Waals surface area contributed by atoms with Crippen molar-refractivity contribution in [2.24, 2.45) is 0 Å². The van der Waals surface area contributed by atoms with Gasteiger partial charge in [-0.1, -0.05) is 34.8 Å². The lowest BCUT2D eigenvalue weighted by atomic mass is 10.1. The molecule has 0 unspecified atom stereocenters. The van der Waals surface area contributed by atoms with Gasteiger partial charge in [0.1, 0.15) is 10.6 Å². The van der Waals surface area contributed by atoms with E-state index in [1.807, 2.05) is 0 Å². The lowest BCUT2D eigenvalue weighted by Crippen LogP contribution is -2.14. The Balaban J connectivity index is 2.22. The number of aromatic nitrogens is 1. The molecule has 140 valence electrons. The minimum atomic E-state index is -4.29. The summed E-state index contributed by atoms with van der Waals surface area (Å²) in [6.45, 7) is 0. The van der Waals surface area contributed by atoms with Crippen LogP contribution in [0.2, 0.25) is 15.1 Å². The number of sulfonamides is 1. The molecule has 0 amide bonds. The van der Waals surface area contributed by atoms with Gasteiger partial charge in [-0.05, 0) is 36.4 Å². The van der Waals surface area contributed by atoms with Crippen molar-refractivity contribution in [2.75, 3.05) is 4.72 Å². The molecule has 0 saturated heterocycles. The highest BCUT2D eigenvalue weighted by Gasteiger charge is 2.22. The normalized spacial score (nSPS) is 11.5. The highest BCUT2D eigenvalue weighted by molar-refractivity contribution is 7.92. The Hall–Kier alpha value is -2.26. The van der Waals surface area contributed by atoms with Gasteiger partial charge in [-0.3, -0.25) is 4.72 Å². The minimum Gasteiger partial charge on any atom is -0.506 e. The van der Waals surface area contributed by atoms with Crippen LogP contribution >= 0.6 is 34.8 Å². The van der Waals surface area contributed by atoms with E-state index in [0.717, 1.165) is 18.2 Å². The fourth-order valence-electron chi connectivity index (χ4n) is 2.39. The van der Waals surface area contributed by atoms with Crippen molar-refractivity contribution in [3.05, 3.63) is 57.2 Å². The molecule has 7 nitrogen and oxygen atoms in total. The Morgan fingerprint density at radius 2 is 1.74 bits per heavy atom. The number of fused-ring (bicyclic) bond motifs is 1. The first-order valence-electron chi connectivity index (χ1n) is 7.13. The molecule has 1 heterocycles. The average Bonchev–Trinajstić information content (AvgIpc) is 2.52. The molecule has 0 fully saturated rings. The van der Waals surface area contributed by atoms with Crippen molar-refractivity contribution in [3.8, 4) is 5.75 Å². The fraction of sp³-hybridized carbons (Fsp3) is 0. The largest absolute Gasteiger partial charge is 0.506 e. The third-order valence-corrected chi connectivity index (χ3v) is 5.66. The third kappa shape index (κ3) is 3.89. The quantitative estimate of drug-likeness (QED) is 0.546. The number of hydrogen-bond donors (Lipinski definition) is 3. The molecule has 3 rings (SSSR count). The van der Waals surface area contributed by atoms with Crippen LogP contribution in [0.1, 0.15) is 10.5 Å². The van der Waals surface area contributed by atoms with Crippen molar-refractivity contribution < 1.29 is 23.4 Å². The van der Waals surface area contributed by atoms with E-state index in [4.69, 9.17) is 34.8 Å². The number of phenols is 1. The van der Waals surface area contributed by atoms with E-state index in [-0.39, 0.29) is 31.7 Å². The molecule has 0 aliphatic rings. The summed E-state index contributed by atoms with van der Waals surface area (Å²) in [5.74, 6) is -1.94. The molecule has 0 spiro atoms. The number of benzene rings is 2. The molecule has 0 bridgehead atoms. The van der Waals surface area contributed by atoms with Gasteiger partial charge < -0.3 is 10.2 Å². The number of halogens is 3. The summed E-state index contributed by atoms with van der Waals surface area (Å²) in [7, 11) is -4.29. The molecular weight excluding hydrogens is 439 g/mol.